The molecule has 3 heteroatoms. The fraction of sp³-hybridized carbons (Fsp3) is 0.538. The molecule has 1 aliphatic carbocycles. The minimum atomic E-state index is 0.839. The molecule has 0 aromatic heterocycles. The molecule has 2 nitrogen and oxygen atoms in total. The van der Waals surface area contributed by atoms with Gasteiger partial charge in [-0.25, -0.2) is 0 Å². The van der Waals surface area contributed by atoms with Crippen LogP contribution in [0.5, 0.6) is 0 Å². The van der Waals surface area contributed by atoms with E-state index in [1.165, 1.54) is 24.8 Å². The first-order valence-electron chi connectivity index (χ1n) is 6.03. The van der Waals surface area contributed by atoms with E-state index in [4.69, 9.17) is 0 Å². The van der Waals surface area contributed by atoms with E-state index < -0.39 is 0 Å². The molecule has 0 atom stereocenters. The Balaban J connectivity index is 1.51. The van der Waals surface area contributed by atoms with Crippen molar-refractivity contribution in [3.63, 3.8) is 0 Å². The van der Waals surface area contributed by atoms with Crippen LogP contribution >= 0.6 is 15.9 Å². The van der Waals surface area contributed by atoms with Crippen molar-refractivity contribution in [2.75, 3.05) is 13.1 Å². The van der Waals surface area contributed by atoms with Crippen molar-refractivity contribution < 1.29 is 0 Å². The Hall–Kier alpha value is -0.380. The molecule has 0 unspecified atom stereocenters. The van der Waals surface area contributed by atoms with E-state index in [0.29, 0.717) is 0 Å². The Morgan fingerprint density at radius 2 is 1.88 bits per heavy atom. The Morgan fingerprint density at radius 1 is 1.12 bits per heavy atom. The van der Waals surface area contributed by atoms with E-state index >= 15 is 0 Å². The minimum absolute atomic E-state index is 0.839. The Labute approximate surface area is 106 Å². The number of halogens is 1. The van der Waals surface area contributed by atoms with Gasteiger partial charge in [-0.15, -0.1) is 0 Å². The van der Waals surface area contributed by atoms with Crippen LogP contribution in [0.1, 0.15) is 24.8 Å². The van der Waals surface area contributed by atoms with Gasteiger partial charge in [-0.1, -0.05) is 28.1 Å². The molecule has 1 aromatic rings. The van der Waals surface area contributed by atoms with Crippen molar-refractivity contribution >= 4 is 15.9 Å². The summed E-state index contributed by atoms with van der Waals surface area (Å²) in [5, 5.41) is 6.98. The highest BCUT2D eigenvalue weighted by Crippen LogP contribution is 2.18. The topological polar surface area (TPSA) is 24.1 Å². The standard InChI is InChI=1S/C13H19BrN2/c14-12-4-2-11(3-5-12)10-15-8-1-9-16-13-6-7-13/h2-5,13,15-16H,1,6-10H2. The molecule has 0 heterocycles. The zero-order chi connectivity index (χ0) is 11.2. The highest BCUT2D eigenvalue weighted by Gasteiger charge is 2.19. The molecule has 0 aliphatic heterocycles. The maximum absolute atomic E-state index is 3.52. The summed E-state index contributed by atoms with van der Waals surface area (Å²) in [7, 11) is 0. The van der Waals surface area contributed by atoms with Crippen LogP contribution in [0.15, 0.2) is 28.7 Å². The highest BCUT2D eigenvalue weighted by molar-refractivity contribution is 9.10. The lowest BCUT2D eigenvalue weighted by Crippen LogP contribution is -2.23. The Kier molecular flexibility index (Phi) is 4.82. The molecule has 88 valence electrons. The minimum Gasteiger partial charge on any atom is -0.314 e. The summed E-state index contributed by atoms with van der Waals surface area (Å²) in [6.07, 6.45) is 3.98. The summed E-state index contributed by atoms with van der Waals surface area (Å²) < 4.78 is 1.14. The van der Waals surface area contributed by atoms with E-state index in [1.54, 1.807) is 0 Å². The summed E-state index contributed by atoms with van der Waals surface area (Å²) in [6, 6.07) is 9.32. The van der Waals surface area contributed by atoms with Gasteiger partial charge in [-0.2, -0.15) is 0 Å². The van der Waals surface area contributed by atoms with Gasteiger partial charge in [0.15, 0.2) is 0 Å². The van der Waals surface area contributed by atoms with Gasteiger partial charge in [0.1, 0.15) is 0 Å². The second kappa shape index (κ2) is 6.38. The maximum atomic E-state index is 3.52. The van der Waals surface area contributed by atoms with Crippen molar-refractivity contribution in [3.05, 3.63) is 34.3 Å². The number of hydrogen-bond acceptors (Lipinski definition) is 2. The molecule has 1 saturated carbocycles. The molecule has 0 radical (unpaired) electrons. The fourth-order valence-electron chi connectivity index (χ4n) is 1.64. The lowest BCUT2D eigenvalue weighted by Gasteiger charge is -2.05. The van der Waals surface area contributed by atoms with E-state index in [-0.39, 0.29) is 0 Å². The molecular weight excluding hydrogens is 264 g/mol. The van der Waals surface area contributed by atoms with Gasteiger partial charge in [0.25, 0.3) is 0 Å². The van der Waals surface area contributed by atoms with Crippen molar-refractivity contribution in [1.29, 1.82) is 0 Å². The van der Waals surface area contributed by atoms with Crippen molar-refractivity contribution in [2.45, 2.75) is 31.8 Å². The van der Waals surface area contributed by atoms with Crippen molar-refractivity contribution in [1.82, 2.24) is 10.6 Å². The molecule has 0 bridgehead atoms. The van der Waals surface area contributed by atoms with Crippen LogP contribution in [0, 0.1) is 0 Å². The van der Waals surface area contributed by atoms with Gasteiger partial charge in [-0.3, -0.25) is 0 Å². The van der Waals surface area contributed by atoms with Crippen molar-refractivity contribution in [2.24, 2.45) is 0 Å². The first kappa shape index (κ1) is 12.1. The van der Waals surface area contributed by atoms with Crippen LogP contribution in [-0.4, -0.2) is 19.1 Å². The first-order valence-corrected chi connectivity index (χ1v) is 6.82. The molecule has 16 heavy (non-hydrogen) atoms. The van der Waals surface area contributed by atoms with Crippen LogP contribution in [0.3, 0.4) is 0 Å². The fourth-order valence-corrected chi connectivity index (χ4v) is 1.91. The van der Waals surface area contributed by atoms with Gasteiger partial charge >= 0.3 is 0 Å². The molecule has 0 amide bonds. The molecule has 1 fully saturated rings. The second-order valence-electron chi connectivity index (χ2n) is 4.39. The van der Waals surface area contributed by atoms with Crippen LogP contribution in [0.4, 0.5) is 0 Å². The summed E-state index contributed by atoms with van der Waals surface area (Å²) in [6.45, 7) is 3.21. The van der Waals surface area contributed by atoms with Crippen LogP contribution < -0.4 is 10.6 Å². The predicted molar refractivity (Wildman–Crippen MR) is 71.5 cm³/mol. The van der Waals surface area contributed by atoms with E-state index in [0.717, 1.165) is 30.1 Å². The normalized spacial score (nSPS) is 15.3. The van der Waals surface area contributed by atoms with Crippen molar-refractivity contribution in [3.8, 4) is 0 Å². The third-order valence-corrected chi connectivity index (χ3v) is 3.31. The molecule has 2 rings (SSSR count). The molecule has 0 spiro atoms. The van der Waals surface area contributed by atoms with E-state index in [2.05, 4.69) is 50.8 Å². The SMILES string of the molecule is Brc1ccc(CNCCCNC2CC2)cc1. The second-order valence-corrected chi connectivity index (χ2v) is 5.30. The van der Waals surface area contributed by atoms with E-state index in [9.17, 15) is 0 Å². The molecular formula is C13H19BrN2. The quantitative estimate of drug-likeness (QED) is 0.752. The summed E-state index contributed by atoms with van der Waals surface area (Å²) in [5.41, 5.74) is 1.35. The van der Waals surface area contributed by atoms with Crippen LogP contribution in [-0.2, 0) is 6.54 Å². The largest absolute Gasteiger partial charge is 0.314 e. The van der Waals surface area contributed by atoms with Gasteiger partial charge in [0, 0.05) is 17.1 Å². The Bertz CT molecular complexity index is 306. The summed E-state index contributed by atoms with van der Waals surface area (Å²) >= 11 is 3.44. The van der Waals surface area contributed by atoms with Gasteiger partial charge in [0.05, 0.1) is 0 Å². The van der Waals surface area contributed by atoms with Crippen LogP contribution in [0.25, 0.3) is 0 Å². The number of nitrogens with one attached hydrogen (secondary N) is 2. The number of benzene rings is 1. The Morgan fingerprint density at radius 3 is 2.56 bits per heavy atom. The van der Waals surface area contributed by atoms with Gasteiger partial charge in [-0.05, 0) is 50.0 Å². The first-order chi connectivity index (χ1) is 7.84. The van der Waals surface area contributed by atoms with Crippen LogP contribution in [0.2, 0.25) is 0 Å². The maximum Gasteiger partial charge on any atom is 0.0205 e. The smallest absolute Gasteiger partial charge is 0.0205 e. The summed E-state index contributed by atoms with van der Waals surface area (Å²) in [5.74, 6) is 0. The average Bonchev–Trinajstić information content (AvgIpc) is 3.10. The molecule has 1 aromatic carbocycles. The zero-order valence-corrected chi connectivity index (χ0v) is 11.1. The monoisotopic (exact) mass is 282 g/mol. The lowest BCUT2D eigenvalue weighted by atomic mass is 10.2. The average molecular weight is 283 g/mol. The van der Waals surface area contributed by atoms with E-state index in [1.807, 2.05) is 0 Å². The number of hydrogen-bond donors (Lipinski definition) is 2. The third-order valence-electron chi connectivity index (χ3n) is 2.78. The lowest BCUT2D eigenvalue weighted by molar-refractivity contribution is 0.593. The molecule has 1 aliphatic rings. The van der Waals surface area contributed by atoms with Gasteiger partial charge < -0.3 is 10.6 Å². The molecule has 0 saturated heterocycles. The highest BCUT2D eigenvalue weighted by atomic mass is 79.9. The third kappa shape index (κ3) is 4.64. The molecule has 2 N–H and O–H groups in total. The summed E-state index contributed by atoms with van der Waals surface area (Å²) in [4.78, 5) is 0. The van der Waals surface area contributed by atoms with Gasteiger partial charge in [0.2, 0.25) is 0 Å². The predicted octanol–water partition coefficient (Wildman–Crippen LogP) is 2.68. The zero-order valence-electron chi connectivity index (χ0n) is 9.51. The number of rotatable bonds is 7.